The first kappa shape index (κ1) is 22.9. The van der Waals surface area contributed by atoms with E-state index >= 15 is 0 Å². The fourth-order valence-electron chi connectivity index (χ4n) is 3.58. The molecule has 0 bridgehead atoms. The van der Waals surface area contributed by atoms with Crippen molar-refractivity contribution < 1.29 is 0 Å². The zero-order valence-electron chi connectivity index (χ0n) is 19.4. The van der Waals surface area contributed by atoms with Crippen molar-refractivity contribution in [2.45, 2.75) is 67.1 Å². The molecule has 0 radical (unpaired) electrons. The lowest BCUT2D eigenvalue weighted by molar-refractivity contribution is 0.228. The van der Waals surface area contributed by atoms with E-state index in [1.807, 2.05) is 62.9 Å². The van der Waals surface area contributed by atoms with Gasteiger partial charge >= 0.3 is 0 Å². The lowest BCUT2D eigenvalue weighted by atomic mass is 10.2. The van der Waals surface area contributed by atoms with Crippen LogP contribution < -0.4 is 0 Å². The maximum absolute atomic E-state index is 4.67. The highest BCUT2D eigenvalue weighted by atomic mass is 15.3. The summed E-state index contributed by atoms with van der Waals surface area (Å²) in [5.74, 6) is 0. The summed E-state index contributed by atoms with van der Waals surface area (Å²) in [6.07, 6.45) is 2.14. The molecule has 0 unspecified atom stereocenters. The number of aryl methyl sites for hydroxylation is 6. The van der Waals surface area contributed by atoms with Gasteiger partial charge in [-0.1, -0.05) is 27.2 Å². The van der Waals surface area contributed by atoms with Crippen molar-refractivity contribution in [2.75, 3.05) is 0 Å². The minimum Gasteiger partial charge on any atom is -0.286 e. The summed E-state index contributed by atoms with van der Waals surface area (Å²) < 4.78 is 5.96. The Hall–Kier alpha value is -2.41. The predicted octanol–water partition coefficient (Wildman–Crippen LogP) is 3.69. The van der Waals surface area contributed by atoms with Crippen LogP contribution in [0.4, 0.5) is 0 Å². The monoisotopic (exact) mass is 399 g/mol. The second-order valence-corrected chi connectivity index (χ2v) is 7.45. The zero-order chi connectivity index (χ0) is 21.6. The normalized spacial score (nSPS) is 11.1. The molecule has 0 aliphatic carbocycles. The highest BCUT2D eigenvalue weighted by molar-refractivity contribution is 5.14. The molecule has 7 nitrogen and oxygen atoms in total. The van der Waals surface area contributed by atoms with Gasteiger partial charge in [-0.2, -0.15) is 15.3 Å². The van der Waals surface area contributed by atoms with E-state index in [0.29, 0.717) is 0 Å². The summed E-state index contributed by atoms with van der Waals surface area (Å²) >= 11 is 0. The van der Waals surface area contributed by atoms with Crippen LogP contribution >= 0.6 is 0 Å². The van der Waals surface area contributed by atoms with Gasteiger partial charge in [0.15, 0.2) is 0 Å². The van der Waals surface area contributed by atoms with E-state index in [0.717, 1.165) is 43.9 Å². The first-order chi connectivity index (χ1) is 13.9. The molecule has 0 fully saturated rings. The minimum atomic E-state index is 0.829. The lowest BCUT2D eigenvalue weighted by Crippen LogP contribution is -2.26. The maximum atomic E-state index is 4.67. The molecule has 160 valence electrons. The van der Waals surface area contributed by atoms with Gasteiger partial charge in [-0.25, -0.2) is 0 Å². The summed E-state index contributed by atoms with van der Waals surface area (Å²) in [6.45, 7) is 12.8. The van der Waals surface area contributed by atoms with E-state index in [4.69, 9.17) is 0 Å². The molecule has 0 N–H and O–H groups in total. The van der Waals surface area contributed by atoms with Crippen LogP contribution in [0.3, 0.4) is 0 Å². The first-order valence-electron chi connectivity index (χ1n) is 10.6. The van der Waals surface area contributed by atoms with Gasteiger partial charge < -0.3 is 0 Å². The Kier molecular flexibility index (Phi) is 8.20. The molecular formula is C22H37N7. The molecule has 0 saturated carbocycles. The van der Waals surface area contributed by atoms with E-state index in [-0.39, 0.29) is 0 Å². The molecule has 0 aliphatic heterocycles. The minimum absolute atomic E-state index is 0.829. The van der Waals surface area contributed by atoms with Crippen LogP contribution in [0.2, 0.25) is 0 Å². The summed E-state index contributed by atoms with van der Waals surface area (Å²) in [5, 5.41) is 13.7. The Bertz CT molecular complexity index is 852. The number of rotatable bonds is 8. The molecule has 3 aromatic rings. The smallest absolute Gasteiger partial charge is 0.0627 e. The lowest BCUT2D eigenvalue weighted by Gasteiger charge is -2.22. The Morgan fingerprint density at radius 2 is 1.14 bits per heavy atom. The van der Waals surface area contributed by atoms with Crippen LogP contribution in [-0.2, 0) is 47.2 Å². The van der Waals surface area contributed by atoms with Gasteiger partial charge in [0.2, 0.25) is 0 Å². The van der Waals surface area contributed by atoms with E-state index in [2.05, 4.69) is 45.3 Å². The van der Waals surface area contributed by atoms with Gasteiger partial charge in [-0.15, -0.1) is 0 Å². The second kappa shape index (κ2) is 10.4. The predicted molar refractivity (Wildman–Crippen MR) is 117 cm³/mol. The quantitative estimate of drug-likeness (QED) is 0.580. The van der Waals surface area contributed by atoms with Crippen molar-refractivity contribution >= 4 is 0 Å². The average Bonchev–Trinajstić information content (AvgIpc) is 3.27. The van der Waals surface area contributed by atoms with Gasteiger partial charge in [0.05, 0.1) is 34.2 Å². The highest BCUT2D eigenvalue weighted by Crippen LogP contribution is 2.16. The molecule has 29 heavy (non-hydrogen) atoms. The summed E-state index contributed by atoms with van der Waals surface area (Å²) in [6, 6.07) is 6.56. The Labute approximate surface area is 175 Å². The summed E-state index contributed by atoms with van der Waals surface area (Å²) in [7, 11) is 6.06. The van der Waals surface area contributed by atoms with E-state index < -0.39 is 0 Å². The Morgan fingerprint density at radius 1 is 0.724 bits per heavy atom. The Balaban J connectivity index is 0.00000145. The van der Waals surface area contributed by atoms with Gasteiger partial charge in [-0.3, -0.25) is 18.9 Å². The molecule has 3 rings (SSSR count). The topological polar surface area (TPSA) is 56.7 Å². The van der Waals surface area contributed by atoms with Crippen LogP contribution in [0, 0.1) is 13.8 Å². The largest absolute Gasteiger partial charge is 0.286 e. The van der Waals surface area contributed by atoms with E-state index in [1.165, 1.54) is 22.8 Å². The molecule has 0 saturated heterocycles. The second-order valence-electron chi connectivity index (χ2n) is 7.45. The average molecular weight is 400 g/mol. The van der Waals surface area contributed by atoms with Crippen LogP contribution in [0.25, 0.3) is 0 Å². The van der Waals surface area contributed by atoms with Crippen LogP contribution in [-0.4, -0.2) is 34.2 Å². The third-order valence-corrected chi connectivity index (χ3v) is 4.89. The standard InChI is InChI=1S/C20H31N7.C2H6/c1-7-8-17-11-20(26(6)23-17)14-27(12-18-9-15(2)21-24(18)4)13-19-10-16(3)22-25(19)5;1-2/h9-11H,7-8,12-14H2,1-6H3;1-2H3. The maximum Gasteiger partial charge on any atom is 0.0627 e. The number of hydrogen-bond donors (Lipinski definition) is 0. The van der Waals surface area contributed by atoms with Gasteiger partial charge in [-0.05, 0) is 38.5 Å². The van der Waals surface area contributed by atoms with Crippen LogP contribution in [0.15, 0.2) is 18.2 Å². The zero-order valence-corrected chi connectivity index (χ0v) is 19.4. The number of nitrogens with zero attached hydrogens (tertiary/aromatic N) is 7. The fraction of sp³-hybridized carbons (Fsp3) is 0.591. The molecule has 0 aliphatic rings. The van der Waals surface area contributed by atoms with Crippen LogP contribution in [0.1, 0.15) is 61.4 Å². The van der Waals surface area contributed by atoms with Crippen molar-refractivity contribution in [2.24, 2.45) is 21.1 Å². The number of aromatic nitrogens is 6. The Morgan fingerprint density at radius 3 is 1.52 bits per heavy atom. The molecule has 3 aromatic heterocycles. The number of hydrogen-bond acceptors (Lipinski definition) is 4. The van der Waals surface area contributed by atoms with Crippen molar-refractivity contribution in [3.8, 4) is 0 Å². The molecule has 0 spiro atoms. The third kappa shape index (κ3) is 6.03. The van der Waals surface area contributed by atoms with Crippen LogP contribution in [0.5, 0.6) is 0 Å². The van der Waals surface area contributed by atoms with E-state index in [1.54, 1.807) is 0 Å². The van der Waals surface area contributed by atoms with Gasteiger partial charge in [0, 0.05) is 40.8 Å². The first-order valence-corrected chi connectivity index (χ1v) is 10.6. The van der Waals surface area contributed by atoms with Gasteiger partial charge in [0.25, 0.3) is 0 Å². The van der Waals surface area contributed by atoms with Crippen molar-refractivity contribution in [3.63, 3.8) is 0 Å². The molecule has 0 aromatic carbocycles. The molecule has 3 heterocycles. The van der Waals surface area contributed by atoms with E-state index in [9.17, 15) is 0 Å². The third-order valence-electron chi connectivity index (χ3n) is 4.89. The summed E-state index contributed by atoms with van der Waals surface area (Å²) in [5.41, 5.74) is 6.92. The molecule has 0 amide bonds. The van der Waals surface area contributed by atoms with Crippen molar-refractivity contribution in [1.29, 1.82) is 0 Å². The summed E-state index contributed by atoms with van der Waals surface area (Å²) in [4.78, 5) is 2.43. The van der Waals surface area contributed by atoms with Crippen molar-refractivity contribution in [3.05, 3.63) is 52.4 Å². The van der Waals surface area contributed by atoms with Crippen molar-refractivity contribution in [1.82, 2.24) is 34.2 Å². The van der Waals surface area contributed by atoms with Gasteiger partial charge in [0.1, 0.15) is 0 Å². The molecule has 7 heteroatoms. The molecular weight excluding hydrogens is 362 g/mol. The molecule has 0 atom stereocenters. The highest BCUT2D eigenvalue weighted by Gasteiger charge is 2.16. The fourth-order valence-corrected chi connectivity index (χ4v) is 3.58. The SMILES string of the molecule is CC.CCCc1cc(CN(Cc2cc(C)nn2C)Cc2cc(C)nn2C)n(C)n1.